The Morgan fingerprint density at radius 3 is 2.71 bits per heavy atom. The SMILES string of the molecule is CC(C)(c1ccc(O)cc1)c1csc(NC(=O)c2cccc(OCCCCN3CCNCC3)c2)n1. The van der Waals surface area contributed by atoms with Crippen LogP contribution in [0.2, 0.25) is 0 Å². The van der Waals surface area contributed by atoms with Crippen molar-refractivity contribution in [3.8, 4) is 11.5 Å². The Morgan fingerprint density at radius 2 is 1.94 bits per heavy atom. The second kappa shape index (κ2) is 11.7. The van der Waals surface area contributed by atoms with Gasteiger partial charge in [0.05, 0.1) is 12.3 Å². The number of carbonyl (C=O) groups is 1. The van der Waals surface area contributed by atoms with E-state index in [4.69, 9.17) is 4.74 Å². The third-order valence-electron chi connectivity index (χ3n) is 6.40. The summed E-state index contributed by atoms with van der Waals surface area (Å²) in [5.74, 6) is 0.725. The number of phenolic OH excluding ortho intramolecular Hbond substituents is 1. The highest BCUT2D eigenvalue weighted by Gasteiger charge is 2.26. The topological polar surface area (TPSA) is 86.7 Å². The van der Waals surface area contributed by atoms with E-state index in [1.165, 1.54) is 11.3 Å². The number of nitrogens with zero attached hydrogens (tertiary/aromatic N) is 2. The molecule has 7 nitrogen and oxygen atoms in total. The van der Waals surface area contributed by atoms with Crippen molar-refractivity contribution < 1.29 is 14.6 Å². The predicted octanol–water partition coefficient (Wildman–Crippen LogP) is 4.49. The number of rotatable bonds is 10. The number of anilines is 1. The molecule has 0 atom stereocenters. The van der Waals surface area contributed by atoms with Gasteiger partial charge in [0.15, 0.2) is 5.13 Å². The molecule has 0 aliphatic carbocycles. The summed E-state index contributed by atoms with van der Waals surface area (Å²) < 4.78 is 5.90. The van der Waals surface area contributed by atoms with Crippen LogP contribution >= 0.6 is 11.3 Å². The first-order valence-corrected chi connectivity index (χ1v) is 13.0. The molecule has 1 saturated heterocycles. The molecular formula is C27H34N4O3S. The number of aromatic nitrogens is 1. The number of amides is 1. The maximum atomic E-state index is 12.8. The van der Waals surface area contributed by atoms with E-state index < -0.39 is 0 Å². The Labute approximate surface area is 211 Å². The molecule has 0 spiro atoms. The maximum absolute atomic E-state index is 12.8. The molecule has 4 rings (SSSR count). The van der Waals surface area contributed by atoms with Crippen LogP contribution in [-0.4, -0.2) is 60.2 Å². The molecule has 2 aromatic carbocycles. The number of phenols is 1. The number of aromatic hydroxyl groups is 1. The zero-order chi connectivity index (χ0) is 24.7. The molecule has 8 heteroatoms. The molecule has 0 saturated carbocycles. The van der Waals surface area contributed by atoms with Crippen LogP contribution in [-0.2, 0) is 5.41 Å². The Kier molecular flexibility index (Phi) is 8.38. The largest absolute Gasteiger partial charge is 0.508 e. The molecule has 186 valence electrons. The average molecular weight is 495 g/mol. The average Bonchev–Trinajstić information content (AvgIpc) is 3.34. The van der Waals surface area contributed by atoms with E-state index >= 15 is 0 Å². The second-order valence-electron chi connectivity index (χ2n) is 9.34. The normalized spacial score (nSPS) is 14.6. The standard InChI is InChI=1S/C27H34N4O3S/c1-27(2,21-8-10-22(32)11-9-21)24-19-35-26(29-24)30-25(33)20-6-5-7-23(18-20)34-17-4-3-14-31-15-12-28-13-16-31/h5-11,18-19,28,32H,3-4,12-17H2,1-2H3,(H,29,30,33). The number of nitrogens with one attached hydrogen (secondary N) is 2. The molecule has 3 N–H and O–H groups in total. The van der Waals surface area contributed by atoms with Crippen molar-refractivity contribution in [2.75, 3.05) is 44.6 Å². The number of unbranched alkanes of at least 4 members (excludes halogenated alkanes) is 1. The number of hydrogen-bond donors (Lipinski definition) is 3. The van der Waals surface area contributed by atoms with E-state index in [1.807, 2.05) is 29.6 Å². The van der Waals surface area contributed by atoms with E-state index in [-0.39, 0.29) is 17.1 Å². The minimum absolute atomic E-state index is 0.211. The molecule has 1 aliphatic rings. The molecule has 0 unspecified atom stereocenters. The van der Waals surface area contributed by atoms with Gasteiger partial charge in [-0.05, 0) is 55.3 Å². The highest BCUT2D eigenvalue weighted by Crippen LogP contribution is 2.34. The molecule has 1 aliphatic heterocycles. The Hall–Kier alpha value is -2.94. The van der Waals surface area contributed by atoms with Gasteiger partial charge >= 0.3 is 0 Å². The third kappa shape index (κ3) is 6.81. The summed E-state index contributed by atoms with van der Waals surface area (Å²) in [4.78, 5) is 20.0. The van der Waals surface area contributed by atoms with E-state index in [0.29, 0.717) is 23.1 Å². The molecular weight excluding hydrogens is 460 g/mol. The summed E-state index contributed by atoms with van der Waals surface area (Å²) in [6.45, 7) is 10.3. The van der Waals surface area contributed by atoms with E-state index in [0.717, 1.165) is 56.8 Å². The lowest BCUT2D eigenvalue weighted by Gasteiger charge is -2.26. The second-order valence-corrected chi connectivity index (χ2v) is 10.2. The fraction of sp³-hybridized carbons (Fsp3) is 0.407. The van der Waals surface area contributed by atoms with Crippen molar-refractivity contribution in [3.05, 3.63) is 70.7 Å². The minimum Gasteiger partial charge on any atom is -0.508 e. The summed E-state index contributed by atoms with van der Waals surface area (Å²) in [5.41, 5.74) is 2.08. The summed E-state index contributed by atoms with van der Waals surface area (Å²) in [6, 6.07) is 14.4. The Morgan fingerprint density at radius 1 is 1.17 bits per heavy atom. The fourth-order valence-electron chi connectivity index (χ4n) is 4.10. The van der Waals surface area contributed by atoms with E-state index in [2.05, 4.69) is 34.4 Å². The van der Waals surface area contributed by atoms with E-state index in [9.17, 15) is 9.90 Å². The van der Waals surface area contributed by atoms with Crippen LogP contribution < -0.4 is 15.4 Å². The summed E-state index contributed by atoms with van der Waals surface area (Å²) in [7, 11) is 0. The molecule has 3 aromatic rings. The third-order valence-corrected chi connectivity index (χ3v) is 7.15. The molecule has 2 heterocycles. The van der Waals surface area contributed by atoms with Gasteiger partial charge in [-0.2, -0.15) is 0 Å². The van der Waals surface area contributed by atoms with Crippen LogP contribution in [0.5, 0.6) is 11.5 Å². The summed E-state index contributed by atoms with van der Waals surface area (Å²) >= 11 is 1.40. The first-order valence-electron chi connectivity index (χ1n) is 12.1. The van der Waals surface area contributed by atoms with Gasteiger partial charge in [-0.3, -0.25) is 10.1 Å². The first-order chi connectivity index (χ1) is 16.9. The van der Waals surface area contributed by atoms with Crippen molar-refractivity contribution in [3.63, 3.8) is 0 Å². The smallest absolute Gasteiger partial charge is 0.257 e. The lowest BCUT2D eigenvalue weighted by Crippen LogP contribution is -2.43. The zero-order valence-electron chi connectivity index (χ0n) is 20.4. The first kappa shape index (κ1) is 25.2. The molecule has 1 aromatic heterocycles. The van der Waals surface area contributed by atoms with Crippen LogP contribution in [0.4, 0.5) is 5.13 Å². The Balaban J connectivity index is 1.28. The van der Waals surface area contributed by atoms with Crippen molar-refractivity contribution in [2.45, 2.75) is 32.1 Å². The van der Waals surface area contributed by atoms with Gasteiger partial charge in [0, 0.05) is 42.5 Å². The number of thiazole rings is 1. The highest BCUT2D eigenvalue weighted by atomic mass is 32.1. The molecule has 0 radical (unpaired) electrons. The zero-order valence-corrected chi connectivity index (χ0v) is 21.2. The quantitative estimate of drug-likeness (QED) is 0.360. The monoisotopic (exact) mass is 494 g/mol. The van der Waals surface area contributed by atoms with Crippen molar-refractivity contribution >= 4 is 22.4 Å². The molecule has 35 heavy (non-hydrogen) atoms. The van der Waals surface area contributed by atoms with Crippen LogP contribution in [0.15, 0.2) is 53.9 Å². The van der Waals surface area contributed by atoms with Gasteiger partial charge in [-0.15, -0.1) is 11.3 Å². The molecule has 1 fully saturated rings. The maximum Gasteiger partial charge on any atom is 0.257 e. The van der Waals surface area contributed by atoms with Gasteiger partial charge in [0.2, 0.25) is 0 Å². The van der Waals surface area contributed by atoms with Crippen LogP contribution in [0, 0.1) is 0 Å². The predicted molar refractivity (Wildman–Crippen MR) is 141 cm³/mol. The van der Waals surface area contributed by atoms with Crippen molar-refractivity contribution in [1.29, 1.82) is 0 Å². The number of benzene rings is 2. The lowest BCUT2D eigenvalue weighted by atomic mass is 9.82. The van der Waals surface area contributed by atoms with Crippen molar-refractivity contribution in [1.82, 2.24) is 15.2 Å². The van der Waals surface area contributed by atoms with Gasteiger partial charge in [-0.1, -0.05) is 32.0 Å². The number of carbonyl (C=O) groups excluding carboxylic acids is 1. The van der Waals surface area contributed by atoms with E-state index in [1.54, 1.807) is 24.3 Å². The fourth-order valence-corrected chi connectivity index (χ4v) is 4.98. The van der Waals surface area contributed by atoms with Gasteiger partial charge < -0.3 is 20.1 Å². The summed E-state index contributed by atoms with van der Waals surface area (Å²) in [5, 5.41) is 18.4. The summed E-state index contributed by atoms with van der Waals surface area (Å²) in [6.07, 6.45) is 2.09. The number of piperazine rings is 1. The highest BCUT2D eigenvalue weighted by molar-refractivity contribution is 7.14. The van der Waals surface area contributed by atoms with Crippen LogP contribution in [0.25, 0.3) is 0 Å². The van der Waals surface area contributed by atoms with Gasteiger partial charge in [0.25, 0.3) is 5.91 Å². The lowest BCUT2D eigenvalue weighted by molar-refractivity contribution is 0.102. The minimum atomic E-state index is -0.355. The van der Waals surface area contributed by atoms with Gasteiger partial charge in [-0.25, -0.2) is 4.98 Å². The van der Waals surface area contributed by atoms with Crippen LogP contribution in [0.3, 0.4) is 0 Å². The molecule has 1 amide bonds. The Bertz CT molecular complexity index is 1110. The number of hydrogen-bond acceptors (Lipinski definition) is 7. The number of ether oxygens (including phenoxy) is 1. The van der Waals surface area contributed by atoms with Crippen LogP contribution in [0.1, 0.15) is 48.3 Å². The molecule has 0 bridgehead atoms. The van der Waals surface area contributed by atoms with Gasteiger partial charge in [0.1, 0.15) is 11.5 Å². The van der Waals surface area contributed by atoms with Crippen molar-refractivity contribution in [2.24, 2.45) is 0 Å².